The van der Waals surface area contributed by atoms with Gasteiger partial charge in [-0.3, -0.25) is 9.59 Å². The molecule has 1 aromatic carbocycles. The van der Waals surface area contributed by atoms with Crippen LogP contribution < -0.4 is 4.74 Å². The van der Waals surface area contributed by atoms with Crippen LogP contribution in [-0.4, -0.2) is 45.9 Å². The number of aryl methyl sites for hydroxylation is 1. The molecule has 0 spiro atoms. The SMILES string of the molecule is CCOC(=O)C(C=Nc1cc(C)nn1-c1cccc(OCC)n1)C(=O)c1ccccc1. The van der Waals surface area contributed by atoms with E-state index in [0.717, 1.165) is 0 Å². The average Bonchev–Trinajstić information content (AvgIpc) is 3.15. The highest BCUT2D eigenvalue weighted by atomic mass is 16.5. The molecule has 0 amide bonds. The molecule has 0 saturated heterocycles. The molecule has 31 heavy (non-hydrogen) atoms. The first-order valence-corrected chi connectivity index (χ1v) is 10.0. The van der Waals surface area contributed by atoms with E-state index in [1.165, 1.54) is 10.9 Å². The van der Waals surface area contributed by atoms with Gasteiger partial charge in [0.15, 0.2) is 23.3 Å². The smallest absolute Gasteiger partial charge is 0.322 e. The summed E-state index contributed by atoms with van der Waals surface area (Å²) in [7, 11) is 0. The molecule has 8 heteroatoms. The van der Waals surface area contributed by atoms with Crippen molar-refractivity contribution in [2.45, 2.75) is 20.8 Å². The molecule has 0 saturated carbocycles. The normalized spacial score (nSPS) is 12.0. The maximum Gasteiger partial charge on any atom is 0.322 e. The summed E-state index contributed by atoms with van der Waals surface area (Å²) in [5.41, 5.74) is 1.11. The first kappa shape index (κ1) is 21.9. The maximum atomic E-state index is 12.9. The third kappa shape index (κ3) is 5.42. The van der Waals surface area contributed by atoms with Crippen molar-refractivity contribution in [3.05, 3.63) is 65.9 Å². The van der Waals surface area contributed by atoms with Crippen LogP contribution in [0.5, 0.6) is 5.88 Å². The van der Waals surface area contributed by atoms with Crippen molar-refractivity contribution in [1.29, 1.82) is 0 Å². The Bertz CT molecular complexity index is 1080. The van der Waals surface area contributed by atoms with Crippen molar-refractivity contribution in [2.75, 3.05) is 13.2 Å². The molecule has 2 heterocycles. The number of benzene rings is 1. The summed E-state index contributed by atoms with van der Waals surface area (Å²) < 4.78 is 12.1. The number of hydrogen-bond acceptors (Lipinski definition) is 7. The van der Waals surface area contributed by atoms with E-state index >= 15 is 0 Å². The highest BCUT2D eigenvalue weighted by molar-refractivity contribution is 6.18. The number of aromatic nitrogens is 3. The van der Waals surface area contributed by atoms with Gasteiger partial charge in [0.1, 0.15) is 0 Å². The lowest BCUT2D eigenvalue weighted by atomic mass is 9.99. The van der Waals surface area contributed by atoms with Crippen molar-refractivity contribution in [1.82, 2.24) is 14.8 Å². The van der Waals surface area contributed by atoms with Gasteiger partial charge in [-0.1, -0.05) is 36.4 Å². The zero-order valence-electron chi connectivity index (χ0n) is 17.7. The molecule has 0 N–H and O–H groups in total. The van der Waals surface area contributed by atoms with Crippen molar-refractivity contribution in [3.8, 4) is 11.7 Å². The number of aliphatic imine (C=N–C) groups is 1. The molecule has 160 valence electrons. The van der Waals surface area contributed by atoms with Gasteiger partial charge in [-0.05, 0) is 26.8 Å². The van der Waals surface area contributed by atoms with E-state index < -0.39 is 11.9 Å². The van der Waals surface area contributed by atoms with E-state index in [4.69, 9.17) is 9.47 Å². The molecule has 0 aliphatic carbocycles. The van der Waals surface area contributed by atoms with Gasteiger partial charge in [0, 0.05) is 23.9 Å². The summed E-state index contributed by atoms with van der Waals surface area (Å²) in [5.74, 6) is -0.816. The number of nitrogens with zero attached hydrogens (tertiary/aromatic N) is 4. The number of ketones is 1. The highest BCUT2D eigenvalue weighted by Gasteiger charge is 2.27. The molecule has 0 aliphatic heterocycles. The summed E-state index contributed by atoms with van der Waals surface area (Å²) >= 11 is 0. The minimum absolute atomic E-state index is 0.163. The molecule has 0 fully saturated rings. The van der Waals surface area contributed by atoms with Crippen molar-refractivity contribution < 1.29 is 19.1 Å². The Labute approximate surface area is 180 Å². The van der Waals surface area contributed by atoms with Gasteiger partial charge in [0.25, 0.3) is 0 Å². The topological polar surface area (TPSA) is 95.7 Å². The van der Waals surface area contributed by atoms with Gasteiger partial charge < -0.3 is 9.47 Å². The van der Waals surface area contributed by atoms with Crippen molar-refractivity contribution >= 4 is 23.8 Å². The van der Waals surface area contributed by atoms with Crippen LogP contribution in [0.4, 0.5) is 5.82 Å². The zero-order chi connectivity index (χ0) is 22.2. The Morgan fingerprint density at radius 3 is 2.58 bits per heavy atom. The molecular formula is C23H24N4O4. The standard InChI is InChI=1S/C23H24N4O4/c1-4-30-21-13-9-12-19(25-21)27-20(14-16(3)26-27)24-15-18(23(29)31-5-2)22(28)17-10-7-6-8-11-17/h6-15,18H,4-5H2,1-3H3. The Morgan fingerprint density at radius 2 is 1.87 bits per heavy atom. The Hall–Kier alpha value is -3.81. The van der Waals surface area contributed by atoms with Crippen LogP contribution in [0.2, 0.25) is 0 Å². The van der Waals surface area contributed by atoms with Crippen molar-refractivity contribution in [3.63, 3.8) is 0 Å². The largest absolute Gasteiger partial charge is 0.478 e. The van der Waals surface area contributed by atoms with Gasteiger partial charge in [-0.2, -0.15) is 14.8 Å². The van der Waals surface area contributed by atoms with Gasteiger partial charge in [-0.15, -0.1) is 0 Å². The first-order chi connectivity index (χ1) is 15.0. The zero-order valence-corrected chi connectivity index (χ0v) is 17.7. The average molecular weight is 420 g/mol. The monoisotopic (exact) mass is 420 g/mol. The number of ether oxygens (including phenoxy) is 2. The number of rotatable bonds is 9. The van der Waals surface area contributed by atoms with Gasteiger partial charge >= 0.3 is 5.97 Å². The third-order valence-corrected chi connectivity index (χ3v) is 4.27. The molecule has 1 unspecified atom stereocenters. The molecule has 0 aliphatic rings. The lowest BCUT2D eigenvalue weighted by Gasteiger charge is -2.11. The molecule has 1 atom stereocenters. The van der Waals surface area contributed by atoms with E-state index in [1.807, 2.05) is 13.8 Å². The molecule has 8 nitrogen and oxygen atoms in total. The van der Waals surface area contributed by atoms with Gasteiger partial charge in [0.2, 0.25) is 5.88 Å². The summed E-state index contributed by atoms with van der Waals surface area (Å²) in [6.07, 6.45) is 1.30. The summed E-state index contributed by atoms with van der Waals surface area (Å²) in [4.78, 5) is 34.2. The summed E-state index contributed by atoms with van der Waals surface area (Å²) in [5, 5.41) is 4.43. The second kappa shape index (κ2) is 10.3. The number of carbonyl (C=O) groups is 2. The van der Waals surface area contributed by atoms with E-state index in [0.29, 0.717) is 35.4 Å². The Balaban J connectivity index is 1.95. The summed E-state index contributed by atoms with van der Waals surface area (Å²) in [6.45, 7) is 6.04. The minimum Gasteiger partial charge on any atom is -0.478 e. The second-order valence-electron chi connectivity index (χ2n) is 6.56. The minimum atomic E-state index is -1.17. The van der Waals surface area contributed by atoms with Crippen LogP contribution in [0.15, 0.2) is 59.6 Å². The number of Topliss-reactive ketones (excluding diaryl/α,β-unsaturated/α-hetero) is 1. The second-order valence-corrected chi connectivity index (χ2v) is 6.56. The third-order valence-electron chi connectivity index (χ3n) is 4.27. The van der Waals surface area contributed by atoms with Crippen LogP contribution in [0.3, 0.4) is 0 Å². The molecule has 0 radical (unpaired) electrons. The molecule has 0 bridgehead atoms. The quantitative estimate of drug-likeness (QED) is 0.226. The van der Waals surface area contributed by atoms with Crippen molar-refractivity contribution in [2.24, 2.45) is 10.9 Å². The Morgan fingerprint density at radius 1 is 1.10 bits per heavy atom. The predicted octanol–water partition coefficient (Wildman–Crippen LogP) is 3.74. The number of hydrogen-bond donors (Lipinski definition) is 0. The fourth-order valence-corrected chi connectivity index (χ4v) is 2.90. The van der Waals surface area contributed by atoms with Crippen LogP contribution in [0, 0.1) is 12.8 Å². The lowest BCUT2D eigenvalue weighted by Crippen LogP contribution is -2.27. The molecule has 2 aromatic heterocycles. The number of esters is 1. The Kier molecular flexibility index (Phi) is 7.26. The van der Waals surface area contributed by atoms with Gasteiger partial charge in [-0.25, -0.2) is 4.99 Å². The number of pyridine rings is 1. The van der Waals surface area contributed by atoms with Crippen LogP contribution in [-0.2, 0) is 9.53 Å². The fraction of sp³-hybridized carbons (Fsp3) is 0.261. The van der Waals surface area contributed by atoms with E-state index in [-0.39, 0.29) is 12.4 Å². The molecule has 3 aromatic rings. The van der Waals surface area contributed by atoms with Crippen LogP contribution in [0.1, 0.15) is 29.9 Å². The number of carbonyl (C=O) groups excluding carboxylic acids is 2. The first-order valence-electron chi connectivity index (χ1n) is 10.0. The summed E-state index contributed by atoms with van der Waals surface area (Å²) in [6, 6.07) is 15.6. The fourth-order valence-electron chi connectivity index (χ4n) is 2.90. The van der Waals surface area contributed by atoms with Gasteiger partial charge in [0.05, 0.1) is 18.9 Å². The van der Waals surface area contributed by atoms with Crippen LogP contribution >= 0.6 is 0 Å². The van der Waals surface area contributed by atoms with E-state index in [9.17, 15) is 9.59 Å². The molecular weight excluding hydrogens is 396 g/mol. The highest BCUT2D eigenvalue weighted by Crippen LogP contribution is 2.21. The van der Waals surface area contributed by atoms with E-state index in [2.05, 4.69) is 15.1 Å². The maximum absolute atomic E-state index is 12.9. The predicted molar refractivity (Wildman–Crippen MR) is 116 cm³/mol. The van der Waals surface area contributed by atoms with Crippen LogP contribution in [0.25, 0.3) is 5.82 Å². The van der Waals surface area contributed by atoms with E-state index in [1.54, 1.807) is 61.5 Å². The molecule has 3 rings (SSSR count). The lowest BCUT2D eigenvalue weighted by molar-refractivity contribution is -0.143.